The van der Waals surface area contributed by atoms with Gasteiger partial charge in [0.2, 0.25) is 0 Å². The first-order valence-corrected chi connectivity index (χ1v) is 4.20. The largest absolute Gasteiger partial charge is 0.468 e. The molecule has 1 saturated heterocycles. The van der Waals surface area contributed by atoms with Crippen molar-refractivity contribution >= 4 is 5.97 Å². The van der Waals surface area contributed by atoms with Gasteiger partial charge in [-0.15, -0.1) is 0 Å². The molecule has 74 valence electrons. The minimum absolute atomic E-state index is 0.0967. The van der Waals surface area contributed by atoms with Gasteiger partial charge < -0.3 is 10.1 Å². The summed E-state index contributed by atoms with van der Waals surface area (Å²) in [5.74, 6) is -3.03. The second-order valence-electron chi connectivity index (χ2n) is 3.82. The quantitative estimate of drug-likeness (QED) is 0.615. The Hall–Kier alpha value is -0.710. The van der Waals surface area contributed by atoms with E-state index in [1.807, 2.05) is 0 Å². The first-order chi connectivity index (χ1) is 6.01. The molecule has 5 heteroatoms. The van der Waals surface area contributed by atoms with Gasteiger partial charge in [0.25, 0.3) is 5.92 Å². The smallest absolute Gasteiger partial charge is 0.322 e. The Morgan fingerprint density at radius 3 is 2.62 bits per heavy atom. The lowest BCUT2D eigenvalue weighted by Gasteiger charge is -2.06. The van der Waals surface area contributed by atoms with E-state index in [-0.39, 0.29) is 19.4 Å². The number of esters is 1. The van der Waals surface area contributed by atoms with Crippen LogP contribution in [0, 0.1) is 5.41 Å². The highest BCUT2D eigenvalue weighted by Gasteiger charge is 2.73. The number of hydrogen-bond acceptors (Lipinski definition) is 3. The van der Waals surface area contributed by atoms with Crippen molar-refractivity contribution in [2.45, 2.75) is 24.8 Å². The van der Waals surface area contributed by atoms with Crippen molar-refractivity contribution in [2.75, 3.05) is 13.7 Å². The van der Waals surface area contributed by atoms with Crippen LogP contribution < -0.4 is 5.32 Å². The van der Waals surface area contributed by atoms with Crippen LogP contribution in [-0.2, 0) is 9.53 Å². The van der Waals surface area contributed by atoms with Gasteiger partial charge in [-0.05, 0) is 6.42 Å². The summed E-state index contributed by atoms with van der Waals surface area (Å²) < 4.78 is 30.2. The summed E-state index contributed by atoms with van der Waals surface area (Å²) in [5, 5.41) is 2.76. The third-order valence-corrected chi connectivity index (χ3v) is 2.98. The molecule has 0 aromatic carbocycles. The summed E-state index contributed by atoms with van der Waals surface area (Å²) in [6.45, 7) is 0.222. The van der Waals surface area contributed by atoms with E-state index in [1.54, 1.807) is 0 Å². The molecule has 2 unspecified atom stereocenters. The lowest BCUT2D eigenvalue weighted by molar-refractivity contribution is -0.142. The molecule has 1 spiro atoms. The van der Waals surface area contributed by atoms with Crippen LogP contribution in [0.15, 0.2) is 0 Å². The van der Waals surface area contributed by atoms with E-state index in [0.717, 1.165) is 0 Å². The van der Waals surface area contributed by atoms with Gasteiger partial charge in [-0.3, -0.25) is 4.79 Å². The highest BCUT2D eigenvalue weighted by molar-refractivity contribution is 5.76. The molecular formula is C8H11F2NO2. The number of hydrogen-bond donors (Lipinski definition) is 1. The number of ether oxygens (including phenoxy) is 1. The summed E-state index contributed by atoms with van der Waals surface area (Å²) >= 11 is 0. The second-order valence-corrected chi connectivity index (χ2v) is 3.82. The van der Waals surface area contributed by atoms with Crippen LogP contribution in [0.2, 0.25) is 0 Å². The molecule has 1 heterocycles. The minimum Gasteiger partial charge on any atom is -0.468 e. The van der Waals surface area contributed by atoms with Gasteiger partial charge in [0.15, 0.2) is 0 Å². The van der Waals surface area contributed by atoms with E-state index in [4.69, 9.17) is 0 Å². The summed E-state index contributed by atoms with van der Waals surface area (Å²) in [7, 11) is 1.26. The molecule has 0 bridgehead atoms. The van der Waals surface area contributed by atoms with E-state index in [1.165, 1.54) is 7.11 Å². The number of rotatable bonds is 1. The first kappa shape index (κ1) is 8.87. The molecule has 2 atom stereocenters. The maximum absolute atomic E-state index is 12.8. The standard InChI is InChI=1S/C8H11F2NO2/c1-13-6(12)5-2-7(4-11-5)3-8(7,9)10/h5,11H,2-4H2,1H3. The highest BCUT2D eigenvalue weighted by atomic mass is 19.3. The number of halogens is 2. The minimum atomic E-state index is -2.58. The van der Waals surface area contributed by atoms with Crippen molar-refractivity contribution in [3.8, 4) is 0 Å². The van der Waals surface area contributed by atoms with Crippen LogP contribution in [0.4, 0.5) is 8.78 Å². The van der Waals surface area contributed by atoms with Gasteiger partial charge in [0, 0.05) is 13.0 Å². The fourth-order valence-electron chi connectivity index (χ4n) is 1.96. The van der Waals surface area contributed by atoms with Crippen LogP contribution in [0.5, 0.6) is 0 Å². The predicted molar refractivity (Wildman–Crippen MR) is 40.4 cm³/mol. The van der Waals surface area contributed by atoms with E-state index < -0.39 is 23.3 Å². The lowest BCUT2D eigenvalue weighted by atomic mass is 10.0. The summed E-state index contributed by atoms with van der Waals surface area (Å²) in [6.07, 6.45) is 0.104. The van der Waals surface area contributed by atoms with Gasteiger partial charge >= 0.3 is 5.97 Å². The fourth-order valence-corrected chi connectivity index (χ4v) is 1.96. The number of alkyl halides is 2. The predicted octanol–water partition coefficient (Wildman–Crippen LogP) is 0.547. The monoisotopic (exact) mass is 191 g/mol. The zero-order chi connectivity index (χ0) is 9.69. The third-order valence-electron chi connectivity index (χ3n) is 2.98. The Morgan fingerprint density at radius 1 is 1.62 bits per heavy atom. The zero-order valence-electron chi connectivity index (χ0n) is 7.27. The Labute approximate surface area is 74.4 Å². The maximum Gasteiger partial charge on any atom is 0.322 e. The summed E-state index contributed by atoms with van der Waals surface area (Å²) in [6, 6.07) is -0.543. The molecule has 13 heavy (non-hydrogen) atoms. The van der Waals surface area contributed by atoms with E-state index >= 15 is 0 Å². The average molecular weight is 191 g/mol. The molecule has 1 N–H and O–H groups in total. The molecule has 2 fully saturated rings. The van der Waals surface area contributed by atoms with E-state index in [0.29, 0.717) is 0 Å². The van der Waals surface area contributed by atoms with Crippen molar-refractivity contribution in [2.24, 2.45) is 5.41 Å². The van der Waals surface area contributed by atoms with Gasteiger partial charge in [-0.1, -0.05) is 0 Å². The number of nitrogens with one attached hydrogen (secondary N) is 1. The summed E-state index contributed by atoms with van der Waals surface area (Å²) in [5.41, 5.74) is -0.953. The van der Waals surface area contributed by atoms with Crippen LogP contribution in [-0.4, -0.2) is 31.6 Å². The number of carbonyl (C=O) groups is 1. The van der Waals surface area contributed by atoms with E-state index in [9.17, 15) is 13.6 Å². The van der Waals surface area contributed by atoms with Crippen molar-refractivity contribution in [1.29, 1.82) is 0 Å². The van der Waals surface area contributed by atoms with Gasteiger partial charge in [-0.2, -0.15) is 0 Å². The second kappa shape index (κ2) is 2.41. The molecule has 2 rings (SSSR count). The molecular weight excluding hydrogens is 180 g/mol. The molecule has 1 aliphatic heterocycles. The Kier molecular flexibility index (Phi) is 1.64. The Morgan fingerprint density at radius 2 is 2.23 bits per heavy atom. The van der Waals surface area contributed by atoms with E-state index in [2.05, 4.69) is 10.1 Å². The molecule has 2 aliphatic rings. The van der Waals surface area contributed by atoms with Crippen molar-refractivity contribution in [3.63, 3.8) is 0 Å². The molecule has 0 aromatic heterocycles. The van der Waals surface area contributed by atoms with Crippen LogP contribution >= 0.6 is 0 Å². The Balaban J connectivity index is 2.00. The normalized spacial score (nSPS) is 40.7. The summed E-state index contributed by atoms with van der Waals surface area (Å²) in [4.78, 5) is 11.0. The fraction of sp³-hybridized carbons (Fsp3) is 0.875. The Bertz CT molecular complexity index is 257. The molecule has 0 aromatic rings. The van der Waals surface area contributed by atoms with Crippen molar-refractivity contribution in [1.82, 2.24) is 5.32 Å². The molecule has 3 nitrogen and oxygen atoms in total. The first-order valence-electron chi connectivity index (χ1n) is 4.20. The van der Waals surface area contributed by atoms with Gasteiger partial charge in [0.05, 0.1) is 12.5 Å². The van der Waals surface area contributed by atoms with Crippen LogP contribution in [0.25, 0.3) is 0 Å². The van der Waals surface area contributed by atoms with Crippen LogP contribution in [0.1, 0.15) is 12.8 Å². The topological polar surface area (TPSA) is 38.3 Å². The number of carbonyl (C=O) groups excluding carboxylic acids is 1. The highest BCUT2D eigenvalue weighted by Crippen LogP contribution is 2.64. The van der Waals surface area contributed by atoms with Gasteiger partial charge in [-0.25, -0.2) is 8.78 Å². The van der Waals surface area contributed by atoms with Crippen LogP contribution in [0.3, 0.4) is 0 Å². The molecule has 1 aliphatic carbocycles. The SMILES string of the molecule is COC(=O)C1CC2(CN1)CC2(F)F. The third kappa shape index (κ3) is 1.14. The molecule has 0 amide bonds. The lowest BCUT2D eigenvalue weighted by Crippen LogP contribution is -2.31. The molecule has 1 saturated carbocycles. The number of methoxy groups -OCH3 is 1. The van der Waals surface area contributed by atoms with Gasteiger partial charge in [0.1, 0.15) is 6.04 Å². The average Bonchev–Trinajstić information content (AvgIpc) is 2.50. The molecule has 0 radical (unpaired) electrons. The maximum atomic E-state index is 12.8. The van der Waals surface area contributed by atoms with Crippen molar-refractivity contribution < 1.29 is 18.3 Å². The zero-order valence-corrected chi connectivity index (χ0v) is 7.27. The van der Waals surface area contributed by atoms with Crippen molar-refractivity contribution in [3.05, 3.63) is 0 Å².